The van der Waals surface area contributed by atoms with Crippen LogP contribution in [0.1, 0.15) is 76.8 Å². The number of imide groups is 2. The average molecular weight is 950 g/mol. The molecule has 6 aliphatic rings. The molecule has 2 aromatic heterocycles. The van der Waals surface area contributed by atoms with E-state index in [4.69, 9.17) is 25.9 Å². The molecule has 6 aliphatic heterocycles. The van der Waals surface area contributed by atoms with Crippen molar-refractivity contribution < 1.29 is 42.2 Å². The van der Waals surface area contributed by atoms with Crippen LogP contribution >= 0.6 is 0 Å². The fraction of sp³-hybridized carbons (Fsp3) is 0.385. The van der Waals surface area contributed by atoms with Crippen LogP contribution in [0.15, 0.2) is 66.9 Å². The van der Waals surface area contributed by atoms with Crippen molar-refractivity contribution in [3.63, 3.8) is 0 Å². The molecule has 5 fully saturated rings. The number of piperidine rings is 1. The van der Waals surface area contributed by atoms with Crippen molar-refractivity contribution in [2.75, 3.05) is 51.3 Å². The van der Waals surface area contributed by atoms with Crippen LogP contribution in [0.2, 0.25) is 0 Å². The number of anilines is 1. The molecule has 2 bridgehead atoms. The van der Waals surface area contributed by atoms with Crippen LogP contribution in [0, 0.1) is 24.0 Å². The monoisotopic (exact) mass is 949 g/mol. The van der Waals surface area contributed by atoms with Gasteiger partial charge in [-0.25, -0.2) is 13.6 Å². The lowest BCUT2D eigenvalue weighted by molar-refractivity contribution is -0.136. The Balaban J connectivity index is 0.796. The summed E-state index contributed by atoms with van der Waals surface area (Å²) in [5.41, 5.74) is 1.72. The number of aromatic nitrogens is 3. The molecule has 2 N–H and O–H groups in total. The number of fused-ring (bicyclic) bond motifs is 6. The van der Waals surface area contributed by atoms with Gasteiger partial charge in [0.2, 0.25) is 11.8 Å². The number of nitrogens with one attached hydrogen (secondary N) is 2. The molecule has 0 radical (unpaired) electrons. The highest BCUT2D eigenvalue weighted by atomic mass is 19.1. The molecule has 5 atom stereocenters. The van der Waals surface area contributed by atoms with Gasteiger partial charge in [0.25, 0.3) is 11.8 Å². The first-order valence-electron chi connectivity index (χ1n) is 23.6. The summed E-state index contributed by atoms with van der Waals surface area (Å²) in [4.78, 5) is 85.8. The van der Waals surface area contributed by atoms with E-state index in [1.807, 2.05) is 0 Å². The Labute approximate surface area is 401 Å². The number of nitrogens with zero attached hydrogens (tertiary/aromatic N) is 7. The van der Waals surface area contributed by atoms with E-state index in [1.54, 1.807) is 49.6 Å². The summed E-state index contributed by atoms with van der Waals surface area (Å²) in [5.74, 6) is -0.688. The minimum absolute atomic E-state index is 0.000136. The lowest BCUT2D eigenvalue weighted by Crippen LogP contribution is -2.54. The predicted molar refractivity (Wildman–Crippen MR) is 253 cm³/mol. The Morgan fingerprint density at radius 1 is 1.00 bits per heavy atom. The van der Waals surface area contributed by atoms with Gasteiger partial charge in [-0.1, -0.05) is 54.5 Å². The highest BCUT2D eigenvalue weighted by molar-refractivity contribution is 6.24. The number of hydrogen-bond acceptors (Lipinski definition) is 13. The first kappa shape index (κ1) is 45.1. The zero-order chi connectivity index (χ0) is 48.6. The van der Waals surface area contributed by atoms with Crippen molar-refractivity contribution in [2.24, 2.45) is 0 Å². The molecule has 358 valence electrons. The van der Waals surface area contributed by atoms with Crippen LogP contribution in [0.3, 0.4) is 0 Å². The number of terminal acetylenes is 1. The number of ether oxygens (including phenoxy) is 2. The fourth-order valence-corrected chi connectivity index (χ4v) is 11.6. The molecule has 18 heteroatoms. The standard InChI is InChI=1S/C52H49F2N9O7/c1-4-34-38(53)14-11-29-7-5-9-35(41(29)34)44-43(54)45-37(22-55-44)46(61-24-31-12-13-32(25-61)56-31)59-50(58-45)70-27-52-19-17-33(62(52)23-28(2)21-52)26-69-51(68)60(3)20-18-30-8-6-10-36-42(30)49(67)63(48(36)66)39-15-16-40(64)57-47(39)65/h1,5-11,14,22,31-33,39,56H,2,12-13,15-21,23-27H2,3H3,(H,57,64,65)/t31?,32?,33-,39?,52-/m0/s1. The normalized spacial score (nSPS) is 24.1. The third kappa shape index (κ3) is 7.68. The maximum Gasteiger partial charge on any atom is 0.409 e. The minimum Gasteiger partial charge on any atom is -0.461 e. The Morgan fingerprint density at radius 3 is 2.57 bits per heavy atom. The van der Waals surface area contributed by atoms with Crippen LogP contribution in [0.4, 0.5) is 19.4 Å². The van der Waals surface area contributed by atoms with E-state index >= 15 is 8.78 Å². The smallest absolute Gasteiger partial charge is 0.409 e. The van der Waals surface area contributed by atoms with E-state index < -0.39 is 52.9 Å². The summed E-state index contributed by atoms with van der Waals surface area (Å²) in [7, 11) is 1.60. The molecule has 5 aromatic rings. The molecule has 70 heavy (non-hydrogen) atoms. The van der Waals surface area contributed by atoms with Gasteiger partial charge in [-0.2, -0.15) is 9.97 Å². The van der Waals surface area contributed by atoms with Crippen LogP contribution in [0.5, 0.6) is 6.01 Å². The Morgan fingerprint density at radius 2 is 1.79 bits per heavy atom. The molecule has 3 aromatic carbocycles. The lowest BCUT2D eigenvalue weighted by atomic mass is 9.94. The van der Waals surface area contributed by atoms with Crippen molar-refractivity contribution in [2.45, 2.75) is 81.1 Å². The molecule has 16 nitrogen and oxygen atoms in total. The van der Waals surface area contributed by atoms with Gasteiger partial charge in [-0.05, 0) is 68.0 Å². The Hall–Kier alpha value is -7.36. The molecular weight excluding hydrogens is 901 g/mol. The third-order valence-corrected chi connectivity index (χ3v) is 15.0. The molecular formula is C52H49F2N9O7. The molecule has 0 saturated carbocycles. The van der Waals surface area contributed by atoms with Crippen molar-refractivity contribution in [1.82, 2.24) is 40.3 Å². The minimum atomic E-state index is -1.08. The summed E-state index contributed by atoms with van der Waals surface area (Å²) in [5, 5.41) is 7.29. The van der Waals surface area contributed by atoms with E-state index in [1.165, 1.54) is 17.0 Å². The van der Waals surface area contributed by atoms with Gasteiger partial charge in [-0.3, -0.25) is 39.3 Å². The van der Waals surface area contributed by atoms with E-state index in [0.29, 0.717) is 72.0 Å². The third-order valence-electron chi connectivity index (χ3n) is 15.0. The summed E-state index contributed by atoms with van der Waals surface area (Å²) in [6.07, 6.45) is 11.1. The van der Waals surface area contributed by atoms with E-state index in [0.717, 1.165) is 23.3 Å². The Kier molecular flexibility index (Phi) is 11.3. The van der Waals surface area contributed by atoms with Gasteiger partial charge in [0.05, 0.1) is 27.6 Å². The number of benzene rings is 3. The van der Waals surface area contributed by atoms with Gasteiger partial charge < -0.3 is 24.6 Å². The van der Waals surface area contributed by atoms with Crippen LogP contribution in [-0.2, 0) is 20.7 Å². The molecule has 8 heterocycles. The maximum absolute atomic E-state index is 17.2. The van der Waals surface area contributed by atoms with Crippen molar-refractivity contribution in [1.29, 1.82) is 0 Å². The van der Waals surface area contributed by atoms with Gasteiger partial charge in [0.1, 0.15) is 42.1 Å². The lowest BCUT2D eigenvalue weighted by Gasteiger charge is -2.35. The number of amides is 5. The largest absolute Gasteiger partial charge is 0.461 e. The summed E-state index contributed by atoms with van der Waals surface area (Å²) in [6.45, 7) is 6.62. The molecule has 0 spiro atoms. The quantitative estimate of drug-likeness (QED) is 0.0992. The SMILES string of the molecule is C#Cc1c(F)ccc2cccc(-c3ncc4c(N5CC6CCC(C5)N6)nc(OC[C@@]56CC[C@@H](COC(=O)N(C)CCc7cccc8c7C(=O)N(C7CCC(=O)NC7=O)C8=O)N5CC(=C)C6)nc4c3F)c12. The van der Waals surface area contributed by atoms with Crippen molar-refractivity contribution >= 4 is 57.2 Å². The number of pyridine rings is 1. The zero-order valence-corrected chi connectivity index (χ0v) is 38.4. The summed E-state index contributed by atoms with van der Waals surface area (Å²) < 4.78 is 44.7. The number of likely N-dealkylation sites (N-methyl/N-ethyl adjacent to an activating group) is 1. The zero-order valence-electron chi connectivity index (χ0n) is 38.4. The number of piperazine rings is 1. The number of carbonyl (C=O) groups is 5. The second-order valence-corrected chi connectivity index (χ2v) is 19.3. The number of halogens is 2. The predicted octanol–water partition coefficient (Wildman–Crippen LogP) is 5.30. The number of hydrogen-bond donors (Lipinski definition) is 2. The van der Waals surface area contributed by atoms with Crippen LogP contribution < -0.4 is 20.3 Å². The van der Waals surface area contributed by atoms with Crippen LogP contribution in [-0.4, -0.2) is 136 Å². The number of rotatable bonds is 11. The average Bonchev–Trinajstić information content (AvgIpc) is 4.06. The van der Waals surface area contributed by atoms with Crippen molar-refractivity contribution in [3.05, 3.63) is 101 Å². The van der Waals surface area contributed by atoms with Gasteiger partial charge in [0.15, 0.2) is 5.82 Å². The van der Waals surface area contributed by atoms with Crippen LogP contribution in [0.25, 0.3) is 32.9 Å². The number of carbonyl (C=O) groups excluding carboxylic acids is 5. The topological polar surface area (TPSA) is 180 Å². The molecule has 0 aliphatic carbocycles. The van der Waals surface area contributed by atoms with Gasteiger partial charge >= 0.3 is 12.1 Å². The molecule has 5 saturated heterocycles. The van der Waals surface area contributed by atoms with E-state index in [-0.39, 0.29) is 91.1 Å². The summed E-state index contributed by atoms with van der Waals surface area (Å²) in [6, 6.07) is 12.3. The second-order valence-electron chi connectivity index (χ2n) is 19.3. The molecule has 11 rings (SSSR count). The highest BCUT2D eigenvalue weighted by Crippen LogP contribution is 2.45. The first-order chi connectivity index (χ1) is 33.8. The van der Waals surface area contributed by atoms with Crippen molar-refractivity contribution in [3.8, 4) is 29.6 Å². The van der Waals surface area contributed by atoms with Gasteiger partial charge in [-0.15, -0.1) is 6.42 Å². The molecule has 3 unspecified atom stereocenters. The van der Waals surface area contributed by atoms with E-state index in [2.05, 4.69) is 37.9 Å². The molecule has 5 amide bonds. The first-order valence-corrected chi connectivity index (χ1v) is 23.6. The summed E-state index contributed by atoms with van der Waals surface area (Å²) >= 11 is 0. The highest BCUT2D eigenvalue weighted by Gasteiger charge is 2.52. The van der Waals surface area contributed by atoms with E-state index in [9.17, 15) is 24.0 Å². The fourth-order valence-electron chi connectivity index (χ4n) is 11.6. The van der Waals surface area contributed by atoms with Gasteiger partial charge in [0, 0.05) is 74.9 Å². The maximum atomic E-state index is 17.2. The Bertz CT molecular complexity index is 3130. The second kappa shape index (κ2) is 17.6.